The summed E-state index contributed by atoms with van der Waals surface area (Å²) in [6.45, 7) is -0.270. The maximum atomic E-state index is 11.8. The van der Waals surface area contributed by atoms with Gasteiger partial charge in [0.05, 0.1) is 12.7 Å². The Kier molecular flexibility index (Phi) is 5.26. The molecule has 118 valence electrons. The summed E-state index contributed by atoms with van der Waals surface area (Å²) in [7, 11) is 0. The molecule has 0 bridgehead atoms. The second-order valence-electron chi connectivity index (χ2n) is 4.22. The number of aromatic nitrogens is 2. The van der Waals surface area contributed by atoms with E-state index in [1.807, 2.05) is 0 Å². The molecule has 3 atom stereocenters. The van der Waals surface area contributed by atoms with Crippen molar-refractivity contribution in [3.63, 3.8) is 0 Å². The summed E-state index contributed by atoms with van der Waals surface area (Å²) in [5.74, 6) is 4.85. The molecule has 1 aliphatic heterocycles. The van der Waals surface area contributed by atoms with Crippen LogP contribution in [-0.2, 0) is 13.8 Å². The summed E-state index contributed by atoms with van der Waals surface area (Å²) in [6.07, 6.45) is -4.75. The molecular weight excluding hydrogens is 348 g/mol. The van der Waals surface area contributed by atoms with Crippen LogP contribution in [0, 0.1) is 0 Å². The fourth-order valence-electron chi connectivity index (χ4n) is 1.88. The van der Waals surface area contributed by atoms with E-state index in [1.165, 1.54) is 12.3 Å². The topological polar surface area (TPSA) is 126 Å². The van der Waals surface area contributed by atoms with E-state index in [2.05, 4.69) is 9.82 Å². The lowest BCUT2D eigenvalue weighted by Gasteiger charge is -2.16. The van der Waals surface area contributed by atoms with Crippen LogP contribution in [0.15, 0.2) is 17.1 Å². The Balaban J connectivity index is 2.07. The monoisotopic (exact) mass is 359 g/mol. The zero-order valence-corrected chi connectivity index (χ0v) is 12.9. The molecule has 21 heavy (non-hydrogen) atoms. The molecule has 2 heterocycles. The summed E-state index contributed by atoms with van der Waals surface area (Å²) in [5, 5.41) is 9.85. The van der Waals surface area contributed by atoms with Gasteiger partial charge in [-0.05, 0) is 22.5 Å². The minimum atomic E-state index is -3.71. The molecule has 0 saturated carbocycles. The summed E-state index contributed by atoms with van der Waals surface area (Å²) < 4.78 is 22.3. The van der Waals surface area contributed by atoms with Crippen molar-refractivity contribution in [3.8, 4) is 5.88 Å². The summed E-state index contributed by atoms with van der Waals surface area (Å²) >= 11 is 10.5. The highest BCUT2D eigenvalue weighted by atomic mass is 35.9. The fraction of sp³-hybridized carbons (Fsp3) is 0.556. The number of ether oxygens (including phenoxy) is 1. The fourth-order valence-corrected chi connectivity index (χ4v) is 2.54. The maximum Gasteiger partial charge on any atom is 0.380 e. The van der Waals surface area contributed by atoms with Crippen LogP contribution < -0.4 is 16.4 Å². The largest absolute Gasteiger partial charge is 0.391 e. The Hall–Kier alpha value is -0.670. The van der Waals surface area contributed by atoms with E-state index >= 15 is 0 Å². The van der Waals surface area contributed by atoms with Gasteiger partial charge in [0.25, 0.3) is 0 Å². The van der Waals surface area contributed by atoms with Crippen LogP contribution >= 0.6 is 28.6 Å². The van der Waals surface area contributed by atoms with E-state index in [1.54, 1.807) is 0 Å². The van der Waals surface area contributed by atoms with Gasteiger partial charge in [-0.2, -0.15) is 10.9 Å². The number of halogens is 2. The molecule has 0 aromatic carbocycles. The van der Waals surface area contributed by atoms with Crippen molar-refractivity contribution in [3.05, 3.63) is 22.7 Å². The lowest BCUT2D eigenvalue weighted by Crippen LogP contribution is -2.28. The van der Waals surface area contributed by atoms with Gasteiger partial charge in [0.15, 0.2) is 0 Å². The molecule has 9 nitrogen and oxygen atoms in total. The molecule has 0 amide bonds. The van der Waals surface area contributed by atoms with Gasteiger partial charge < -0.3 is 19.2 Å². The first-order chi connectivity index (χ1) is 9.80. The summed E-state index contributed by atoms with van der Waals surface area (Å²) in [4.78, 5) is 19.6. The predicted molar refractivity (Wildman–Crippen MR) is 73.1 cm³/mol. The third-order valence-corrected chi connectivity index (χ3v) is 3.86. The molecule has 0 aliphatic carbocycles. The van der Waals surface area contributed by atoms with E-state index < -0.39 is 30.2 Å². The third kappa shape index (κ3) is 4.40. The quantitative estimate of drug-likeness (QED) is 0.582. The first-order valence-electron chi connectivity index (χ1n) is 5.73. The molecule has 2 unspecified atom stereocenters. The van der Waals surface area contributed by atoms with E-state index in [4.69, 9.17) is 37.6 Å². The number of aliphatic hydroxyl groups is 1. The van der Waals surface area contributed by atoms with Crippen LogP contribution in [0.2, 0.25) is 0 Å². The minimum absolute atomic E-state index is 0.0418. The van der Waals surface area contributed by atoms with Crippen LogP contribution in [0.3, 0.4) is 0 Å². The van der Waals surface area contributed by atoms with Crippen molar-refractivity contribution < 1.29 is 23.8 Å². The average Bonchev–Trinajstić information content (AvgIpc) is 2.76. The molecule has 3 N–H and O–H groups in total. The number of hydrogen-bond acceptors (Lipinski definition) is 8. The molecule has 1 aromatic heterocycles. The lowest BCUT2D eigenvalue weighted by atomic mass is 10.2. The van der Waals surface area contributed by atoms with Crippen LogP contribution in [0.4, 0.5) is 0 Å². The molecule has 12 heteroatoms. The second-order valence-corrected chi connectivity index (χ2v) is 8.49. The van der Waals surface area contributed by atoms with Gasteiger partial charge in [-0.15, -0.1) is 0 Å². The molecule has 1 aromatic rings. The van der Waals surface area contributed by atoms with Gasteiger partial charge in [0.2, 0.25) is 5.88 Å². The summed E-state index contributed by atoms with van der Waals surface area (Å²) in [5.41, 5.74) is -0.655. The summed E-state index contributed by atoms with van der Waals surface area (Å²) in [6, 6.07) is 1.37. The van der Waals surface area contributed by atoms with Gasteiger partial charge >= 0.3 is 11.8 Å². The second kappa shape index (κ2) is 6.62. The third-order valence-electron chi connectivity index (χ3n) is 2.83. The zero-order valence-electron chi connectivity index (χ0n) is 10.5. The Morgan fingerprint density at radius 1 is 1.62 bits per heavy atom. The normalized spacial score (nSPS) is 26.0. The maximum absolute atomic E-state index is 11.8. The highest BCUT2D eigenvalue weighted by molar-refractivity contribution is 8.05. The number of nitrogens with two attached hydrogens (primary N) is 1. The van der Waals surface area contributed by atoms with Crippen molar-refractivity contribution in [2.24, 2.45) is 5.90 Å². The highest BCUT2D eigenvalue weighted by Crippen LogP contribution is 2.57. The molecule has 1 saturated heterocycles. The van der Waals surface area contributed by atoms with Gasteiger partial charge in [0.1, 0.15) is 12.3 Å². The molecule has 0 spiro atoms. The first-order valence-corrected chi connectivity index (χ1v) is 9.17. The van der Waals surface area contributed by atoms with Crippen molar-refractivity contribution in [1.82, 2.24) is 9.55 Å². The van der Waals surface area contributed by atoms with Gasteiger partial charge in [-0.1, -0.05) is 0 Å². The predicted octanol–water partition coefficient (Wildman–Crippen LogP) is 0.747. The molecule has 1 fully saturated rings. The van der Waals surface area contributed by atoms with Crippen LogP contribution in [-0.4, -0.2) is 33.5 Å². The lowest BCUT2D eigenvalue weighted by molar-refractivity contribution is -0.0397. The van der Waals surface area contributed by atoms with E-state index in [9.17, 15) is 14.5 Å². The van der Waals surface area contributed by atoms with E-state index in [0.29, 0.717) is 0 Å². The van der Waals surface area contributed by atoms with Crippen molar-refractivity contribution in [2.45, 2.75) is 24.9 Å². The van der Waals surface area contributed by atoms with Crippen molar-refractivity contribution >= 4 is 28.6 Å². The molecule has 0 radical (unpaired) electrons. The number of rotatable bonds is 5. The Morgan fingerprint density at radius 2 is 2.33 bits per heavy atom. The Morgan fingerprint density at radius 3 is 2.90 bits per heavy atom. The average molecular weight is 360 g/mol. The molecular formula is C9H12Cl2N3O6P. The van der Waals surface area contributed by atoms with Crippen molar-refractivity contribution in [2.75, 3.05) is 6.61 Å². The minimum Gasteiger partial charge on any atom is -0.391 e. The highest BCUT2D eigenvalue weighted by Gasteiger charge is 2.36. The Bertz CT molecular complexity index is 607. The number of hydrogen-bond donors (Lipinski definition) is 2. The molecule has 2 rings (SSSR count). The SMILES string of the molecule is NOc1ccn([C@H]2CC(O)C(COP(=O)(Cl)Cl)O2)c(=O)n1. The van der Waals surface area contributed by atoms with Gasteiger partial charge in [-0.3, -0.25) is 9.13 Å². The van der Waals surface area contributed by atoms with Gasteiger partial charge in [0, 0.05) is 18.7 Å². The van der Waals surface area contributed by atoms with E-state index in [-0.39, 0.29) is 18.9 Å². The van der Waals surface area contributed by atoms with Crippen LogP contribution in [0.1, 0.15) is 12.6 Å². The standard InChI is InChI=1S/C9H12Cl2N3O6P/c10-21(11,17)18-4-6-5(15)3-8(19-6)14-2-1-7(20-12)13-9(14)16/h1-2,5-6,8,15H,3-4,12H2/t5?,6?,8-/m1/s1. The first kappa shape index (κ1) is 16.7. The Labute approximate surface area is 128 Å². The van der Waals surface area contributed by atoms with Crippen LogP contribution in [0.25, 0.3) is 0 Å². The smallest absolute Gasteiger partial charge is 0.380 e. The zero-order chi connectivity index (χ0) is 15.6. The molecule has 1 aliphatic rings. The number of nitrogens with zero attached hydrogens (tertiary/aromatic N) is 2. The van der Waals surface area contributed by atoms with Crippen LogP contribution in [0.5, 0.6) is 5.88 Å². The van der Waals surface area contributed by atoms with E-state index in [0.717, 1.165) is 4.57 Å². The van der Waals surface area contributed by atoms with Crippen molar-refractivity contribution in [1.29, 1.82) is 0 Å². The van der Waals surface area contributed by atoms with Gasteiger partial charge in [-0.25, -0.2) is 4.79 Å². The number of aliphatic hydroxyl groups excluding tert-OH is 1.